The molecular formula is C8H7F2N3O. The van der Waals surface area contributed by atoms with Gasteiger partial charge in [-0.05, 0) is 17.7 Å². The van der Waals surface area contributed by atoms with Gasteiger partial charge in [0.25, 0.3) is 0 Å². The van der Waals surface area contributed by atoms with Gasteiger partial charge in [0.1, 0.15) is 5.82 Å². The third-order valence-corrected chi connectivity index (χ3v) is 1.41. The van der Waals surface area contributed by atoms with Crippen LogP contribution in [-0.2, 0) is 0 Å². The molecule has 74 valence electrons. The van der Waals surface area contributed by atoms with Crippen LogP contribution in [0.3, 0.4) is 0 Å². The van der Waals surface area contributed by atoms with Gasteiger partial charge in [-0.15, -0.1) is 0 Å². The summed E-state index contributed by atoms with van der Waals surface area (Å²) in [4.78, 5) is 2.48. The van der Waals surface area contributed by atoms with E-state index >= 15 is 0 Å². The monoisotopic (exact) mass is 199 g/mol. The first kappa shape index (κ1) is 10.3. The van der Waals surface area contributed by atoms with Crippen LogP contribution >= 0.6 is 0 Å². The summed E-state index contributed by atoms with van der Waals surface area (Å²) in [6.07, 6.45) is 0. The van der Waals surface area contributed by atoms with Crippen molar-refractivity contribution in [2.24, 2.45) is 5.11 Å². The molecule has 0 heterocycles. The lowest BCUT2D eigenvalue weighted by Crippen LogP contribution is -2.02. The van der Waals surface area contributed by atoms with E-state index in [0.29, 0.717) is 0 Å². The Balaban J connectivity index is 2.57. The minimum absolute atomic E-state index is 0.0183. The fourth-order valence-electron chi connectivity index (χ4n) is 0.829. The number of ether oxygens (including phenoxy) is 1. The van der Waals surface area contributed by atoms with Gasteiger partial charge in [-0.1, -0.05) is 5.11 Å². The second-order valence-electron chi connectivity index (χ2n) is 2.38. The summed E-state index contributed by atoms with van der Waals surface area (Å²) in [7, 11) is 0. The van der Waals surface area contributed by atoms with Crippen molar-refractivity contribution in [3.63, 3.8) is 0 Å². The summed E-state index contributed by atoms with van der Waals surface area (Å²) >= 11 is 0. The molecule has 14 heavy (non-hydrogen) atoms. The maximum absolute atomic E-state index is 12.9. The van der Waals surface area contributed by atoms with Crippen LogP contribution in [0.2, 0.25) is 0 Å². The molecular weight excluding hydrogens is 192 g/mol. The number of hydrogen-bond donors (Lipinski definition) is 0. The summed E-state index contributed by atoms with van der Waals surface area (Å²) in [5.74, 6) is -1.41. The van der Waals surface area contributed by atoms with Crippen molar-refractivity contribution in [3.8, 4) is 5.75 Å². The summed E-state index contributed by atoms with van der Waals surface area (Å²) < 4.78 is 30.3. The van der Waals surface area contributed by atoms with Crippen LogP contribution in [0.5, 0.6) is 5.75 Å². The van der Waals surface area contributed by atoms with E-state index in [1.807, 2.05) is 0 Å². The highest BCUT2D eigenvalue weighted by Gasteiger charge is 2.03. The molecule has 0 unspecified atom stereocenters. The van der Waals surface area contributed by atoms with Gasteiger partial charge in [0.15, 0.2) is 11.6 Å². The average molecular weight is 199 g/mol. The highest BCUT2D eigenvalue weighted by atomic mass is 19.1. The van der Waals surface area contributed by atoms with Crippen LogP contribution in [0.4, 0.5) is 8.78 Å². The second-order valence-corrected chi connectivity index (χ2v) is 2.38. The van der Waals surface area contributed by atoms with Gasteiger partial charge in [-0.2, -0.15) is 0 Å². The molecule has 0 aromatic heterocycles. The molecule has 0 aliphatic heterocycles. The van der Waals surface area contributed by atoms with E-state index in [9.17, 15) is 8.78 Å². The predicted molar refractivity (Wildman–Crippen MR) is 45.9 cm³/mol. The molecule has 4 nitrogen and oxygen atoms in total. The van der Waals surface area contributed by atoms with E-state index in [2.05, 4.69) is 10.0 Å². The van der Waals surface area contributed by atoms with Crippen LogP contribution < -0.4 is 4.74 Å². The first-order chi connectivity index (χ1) is 6.74. The van der Waals surface area contributed by atoms with E-state index in [-0.39, 0.29) is 18.9 Å². The molecule has 0 fully saturated rings. The highest BCUT2D eigenvalue weighted by molar-refractivity contribution is 5.24. The number of hydrogen-bond acceptors (Lipinski definition) is 2. The maximum Gasteiger partial charge on any atom is 0.165 e. The smallest absolute Gasteiger partial charge is 0.165 e. The molecule has 0 aliphatic rings. The number of rotatable bonds is 4. The third kappa shape index (κ3) is 2.91. The Hall–Kier alpha value is -1.81. The zero-order chi connectivity index (χ0) is 10.4. The number of nitrogens with zero attached hydrogens (tertiary/aromatic N) is 3. The van der Waals surface area contributed by atoms with E-state index in [1.54, 1.807) is 0 Å². The van der Waals surface area contributed by atoms with Gasteiger partial charge >= 0.3 is 0 Å². The molecule has 0 bridgehead atoms. The summed E-state index contributed by atoms with van der Waals surface area (Å²) in [5, 5.41) is 3.18. The van der Waals surface area contributed by atoms with E-state index in [4.69, 9.17) is 10.3 Å². The molecule has 0 saturated heterocycles. The van der Waals surface area contributed by atoms with Crippen LogP contribution in [0.1, 0.15) is 0 Å². The zero-order valence-corrected chi connectivity index (χ0v) is 7.15. The molecule has 6 heteroatoms. The van der Waals surface area contributed by atoms with Crippen molar-refractivity contribution in [1.29, 1.82) is 0 Å². The van der Waals surface area contributed by atoms with Crippen LogP contribution in [0.15, 0.2) is 23.3 Å². The lowest BCUT2D eigenvalue weighted by atomic mass is 10.3. The topological polar surface area (TPSA) is 58.0 Å². The SMILES string of the molecule is [N-]=[N+]=NCCOc1cc(F)ccc1F. The van der Waals surface area contributed by atoms with Crippen molar-refractivity contribution in [2.75, 3.05) is 13.2 Å². The molecule has 0 atom stereocenters. The van der Waals surface area contributed by atoms with Crippen LogP contribution in [0, 0.1) is 11.6 Å². The lowest BCUT2D eigenvalue weighted by molar-refractivity contribution is 0.309. The van der Waals surface area contributed by atoms with Crippen molar-refractivity contribution in [3.05, 3.63) is 40.3 Å². The Kier molecular flexibility index (Phi) is 3.69. The first-order valence-electron chi connectivity index (χ1n) is 3.83. The standard InChI is InChI=1S/C8H7F2N3O/c9-6-1-2-7(10)8(5-6)14-4-3-12-13-11/h1-2,5H,3-4H2. The van der Waals surface area contributed by atoms with Crippen LogP contribution in [-0.4, -0.2) is 13.2 Å². The van der Waals surface area contributed by atoms with Gasteiger partial charge < -0.3 is 4.74 Å². The molecule has 1 aromatic rings. The second kappa shape index (κ2) is 5.04. The van der Waals surface area contributed by atoms with Crippen molar-refractivity contribution in [1.82, 2.24) is 0 Å². The number of azide groups is 1. The molecule has 0 aliphatic carbocycles. The Morgan fingerprint density at radius 1 is 1.43 bits per heavy atom. The minimum atomic E-state index is -0.646. The molecule has 0 saturated carbocycles. The Bertz CT molecular complexity index is 364. The molecule has 0 spiro atoms. The summed E-state index contributed by atoms with van der Waals surface area (Å²) in [5.41, 5.74) is 7.93. The fourth-order valence-corrected chi connectivity index (χ4v) is 0.829. The summed E-state index contributed by atoms with van der Waals surface area (Å²) in [6.45, 7) is 0.0941. The lowest BCUT2D eigenvalue weighted by Gasteiger charge is -2.04. The molecule has 0 radical (unpaired) electrons. The fraction of sp³-hybridized carbons (Fsp3) is 0.250. The Labute approximate surface area is 78.7 Å². The van der Waals surface area contributed by atoms with Gasteiger partial charge in [-0.25, -0.2) is 8.78 Å². The number of benzene rings is 1. The quantitative estimate of drug-likeness (QED) is 0.318. The van der Waals surface area contributed by atoms with Crippen molar-refractivity contribution in [2.45, 2.75) is 0 Å². The van der Waals surface area contributed by atoms with E-state index in [1.165, 1.54) is 0 Å². The highest BCUT2D eigenvalue weighted by Crippen LogP contribution is 2.17. The molecule has 1 aromatic carbocycles. The van der Waals surface area contributed by atoms with Crippen molar-refractivity contribution < 1.29 is 13.5 Å². The third-order valence-electron chi connectivity index (χ3n) is 1.41. The van der Waals surface area contributed by atoms with E-state index in [0.717, 1.165) is 18.2 Å². The largest absolute Gasteiger partial charge is 0.490 e. The summed E-state index contributed by atoms with van der Waals surface area (Å²) in [6, 6.07) is 2.90. The maximum atomic E-state index is 12.9. The van der Waals surface area contributed by atoms with E-state index < -0.39 is 11.6 Å². The average Bonchev–Trinajstić information content (AvgIpc) is 2.18. The van der Waals surface area contributed by atoms with Gasteiger partial charge in [0.05, 0.1) is 13.2 Å². The zero-order valence-electron chi connectivity index (χ0n) is 7.15. The first-order valence-corrected chi connectivity index (χ1v) is 3.83. The van der Waals surface area contributed by atoms with Gasteiger partial charge in [0.2, 0.25) is 0 Å². The Morgan fingerprint density at radius 2 is 2.21 bits per heavy atom. The Morgan fingerprint density at radius 3 is 2.93 bits per heavy atom. The molecule has 0 amide bonds. The normalized spacial score (nSPS) is 9.29. The number of halogens is 2. The van der Waals surface area contributed by atoms with Gasteiger partial charge in [-0.3, -0.25) is 0 Å². The van der Waals surface area contributed by atoms with Crippen molar-refractivity contribution >= 4 is 0 Å². The minimum Gasteiger partial charge on any atom is -0.490 e. The van der Waals surface area contributed by atoms with Crippen LogP contribution in [0.25, 0.3) is 10.4 Å². The molecule has 0 N–H and O–H groups in total. The van der Waals surface area contributed by atoms with Gasteiger partial charge in [0, 0.05) is 11.0 Å². The predicted octanol–water partition coefficient (Wildman–Crippen LogP) is 2.65. The molecule has 1 rings (SSSR count).